The molecule has 2 aromatic heterocycles. The van der Waals surface area contributed by atoms with Crippen LogP contribution in [-0.4, -0.2) is 25.8 Å². The van der Waals surface area contributed by atoms with Crippen LogP contribution in [0.3, 0.4) is 0 Å². The number of carbonyl (C=O) groups excluding carboxylic acids is 1. The Hall–Kier alpha value is -3.16. The zero-order chi connectivity index (χ0) is 19.1. The molecular formula is C18H19FN4O3. The first kappa shape index (κ1) is 17.7. The van der Waals surface area contributed by atoms with Crippen LogP contribution in [0.5, 0.6) is 0 Å². The number of hydrogen-bond acceptors (Lipinski definition) is 5. The van der Waals surface area contributed by atoms with Gasteiger partial charge in [-0.25, -0.2) is 18.7 Å². The minimum absolute atomic E-state index is 0.0566. The highest BCUT2D eigenvalue weighted by Crippen LogP contribution is 2.23. The number of nitrogens with zero attached hydrogens (tertiary/aromatic N) is 3. The number of anilines is 1. The molecule has 3 rings (SSSR count). The van der Waals surface area contributed by atoms with E-state index in [1.165, 1.54) is 39.7 Å². The summed E-state index contributed by atoms with van der Waals surface area (Å²) in [5, 5.41) is 0.529. The van der Waals surface area contributed by atoms with Crippen molar-refractivity contribution in [2.24, 2.45) is 0 Å². The maximum Gasteiger partial charge on any atom is 0.419 e. The van der Waals surface area contributed by atoms with Crippen LogP contribution in [0.4, 0.5) is 15.0 Å². The highest BCUT2D eigenvalue weighted by Gasteiger charge is 2.22. The third kappa shape index (κ3) is 3.44. The number of aromatic nitrogens is 3. The molecule has 0 aliphatic carbocycles. The van der Waals surface area contributed by atoms with Crippen molar-refractivity contribution in [1.29, 1.82) is 0 Å². The van der Waals surface area contributed by atoms with E-state index in [-0.39, 0.29) is 12.4 Å². The molecule has 0 saturated heterocycles. The number of nitrogens with two attached hydrogens (primary N) is 1. The molecule has 0 spiro atoms. The number of nitrogen functional groups attached to an aromatic ring is 1. The van der Waals surface area contributed by atoms with Gasteiger partial charge >= 0.3 is 6.09 Å². The van der Waals surface area contributed by atoms with Gasteiger partial charge < -0.3 is 15.0 Å². The van der Waals surface area contributed by atoms with E-state index in [1.807, 2.05) is 0 Å². The molecule has 2 N–H and O–H groups in total. The van der Waals surface area contributed by atoms with Gasteiger partial charge in [-0.3, -0.25) is 4.79 Å². The first-order valence-corrected chi connectivity index (χ1v) is 8.00. The fourth-order valence-electron chi connectivity index (χ4n) is 2.65. The van der Waals surface area contributed by atoms with Crippen molar-refractivity contribution in [2.45, 2.75) is 32.9 Å². The monoisotopic (exact) mass is 358 g/mol. The summed E-state index contributed by atoms with van der Waals surface area (Å²) in [7, 11) is 0. The van der Waals surface area contributed by atoms with Crippen molar-refractivity contribution in [3.63, 3.8) is 0 Å². The SMILES string of the molecule is CC(C)(C)OC(=O)n1c(Cn2ccnc(N)c2=O)cc2cc(F)ccc21. The van der Waals surface area contributed by atoms with Gasteiger partial charge in [0.25, 0.3) is 5.56 Å². The molecule has 7 nitrogen and oxygen atoms in total. The normalized spacial score (nSPS) is 11.7. The quantitative estimate of drug-likeness (QED) is 0.760. The van der Waals surface area contributed by atoms with Gasteiger partial charge in [-0.05, 0) is 45.0 Å². The summed E-state index contributed by atoms with van der Waals surface area (Å²) in [4.78, 5) is 28.6. The van der Waals surface area contributed by atoms with Gasteiger partial charge in [0.15, 0.2) is 5.82 Å². The average Bonchev–Trinajstić information content (AvgIpc) is 2.87. The van der Waals surface area contributed by atoms with E-state index >= 15 is 0 Å². The van der Waals surface area contributed by atoms with E-state index in [9.17, 15) is 14.0 Å². The van der Waals surface area contributed by atoms with Crippen LogP contribution in [0.25, 0.3) is 10.9 Å². The Balaban J connectivity index is 2.14. The molecule has 2 heterocycles. The van der Waals surface area contributed by atoms with Gasteiger partial charge in [0.2, 0.25) is 0 Å². The average molecular weight is 358 g/mol. The smallest absolute Gasteiger partial charge is 0.419 e. The molecule has 3 aromatic rings. The molecule has 26 heavy (non-hydrogen) atoms. The summed E-state index contributed by atoms with van der Waals surface area (Å²) >= 11 is 0. The Labute approximate surface area is 148 Å². The van der Waals surface area contributed by atoms with Crippen molar-refractivity contribution in [3.05, 3.63) is 58.5 Å². The lowest BCUT2D eigenvalue weighted by Crippen LogP contribution is -2.29. The van der Waals surface area contributed by atoms with Crippen LogP contribution in [0.1, 0.15) is 26.5 Å². The lowest BCUT2D eigenvalue weighted by atomic mass is 10.2. The number of rotatable bonds is 2. The van der Waals surface area contributed by atoms with Gasteiger partial charge in [0, 0.05) is 17.8 Å². The van der Waals surface area contributed by atoms with Crippen LogP contribution >= 0.6 is 0 Å². The number of carbonyl (C=O) groups is 1. The van der Waals surface area contributed by atoms with Gasteiger partial charge in [0.1, 0.15) is 11.4 Å². The van der Waals surface area contributed by atoms with Crippen LogP contribution in [0, 0.1) is 5.82 Å². The third-order valence-corrected chi connectivity index (χ3v) is 3.69. The molecule has 0 aliphatic heterocycles. The predicted octanol–water partition coefficient (Wildman–Crippen LogP) is 2.75. The summed E-state index contributed by atoms with van der Waals surface area (Å²) in [6, 6.07) is 5.74. The Bertz CT molecular complexity index is 1050. The lowest BCUT2D eigenvalue weighted by Gasteiger charge is -2.21. The summed E-state index contributed by atoms with van der Waals surface area (Å²) in [6.45, 7) is 5.32. The number of benzene rings is 1. The minimum atomic E-state index is -0.705. The predicted molar refractivity (Wildman–Crippen MR) is 95.5 cm³/mol. The molecule has 0 unspecified atom stereocenters. The zero-order valence-corrected chi connectivity index (χ0v) is 14.7. The highest BCUT2D eigenvalue weighted by molar-refractivity contribution is 5.91. The second kappa shape index (κ2) is 6.29. The molecule has 0 saturated carbocycles. The second-order valence-electron chi connectivity index (χ2n) is 6.90. The topological polar surface area (TPSA) is 92.1 Å². The van der Waals surface area contributed by atoms with Gasteiger partial charge in [0.05, 0.1) is 17.8 Å². The Morgan fingerprint density at radius 1 is 1.31 bits per heavy atom. The van der Waals surface area contributed by atoms with Crippen LogP contribution in [0.2, 0.25) is 0 Å². The molecule has 1 aromatic carbocycles. The van der Waals surface area contributed by atoms with Crippen molar-refractivity contribution in [1.82, 2.24) is 14.1 Å². The van der Waals surface area contributed by atoms with E-state index in [4.69, 9.17) is 10.5 Å². The van der Waals surface area contributed by atoms with E-state index < -0.39 is 23.1 Å². The van der Waals surface area contributed by atoms with Crippen molar-refractivity contribution < 1.29 is 13.9 Å². The largest absolute Gasteiger partial charge is 0.443 e. The first-order chi connectivity index (χ1) is 12.2. The molecule has 0 fully saturated rings. The number of fused-ring (bicyclic) bond motifs is 1. The zero-order valence-electron chi connectivity index (χ0n) is 14.7. The Morgan fingerprint density at radius 3 is 2.73 bits per heavy atom. The van der Waals surface area contributed by atoms with Crippen LogP contribution < -0.4 is 11.3 Å². The molecule has 136 valence electrons. The summed E-state index contributed by atoms with van der Waals surface area (Å²) in [6.07, 6.45) is 2.26. The van der Waals surface area contributed by atoms with Gasteiger partial charge in [-0.1, -0.05) is 0 Å². The van der Waals surface area contributed by atoms with Crippen molar-refractivity contribution in [2.75, 3.05) is 5.73 Å². The molecule has 8 heteroatoms. The summed E-state index contributed by atoms with van der Waals surface area (Å²) < 4.78 is 21.7. The Kier molecular flexibility index (Phi) is 4.27. The minimum Gasteiger partial charge on any atom is -0.443 e. The molecule has 0 aliphatic rings. The number of hydrogen-bond donors (Lipinski definition) is 1. The van der Waals surface area contributed by atoms with E-state index in [1.54, 1.807) is 26.8 Å². The molecule has 0 amide bonds. The standard InChI is InChI=1S/C18H19FN4O3/c1-18(2,3)26-17(25)23-13(9-11-8-12(19)4-5-14(11)23)10-22-7-6-21-15(20)16(22)24/h4-9H,10H2,1-3H3,(H2,20,21). The summed E-state index contributed by atoms with van der Waals surface area (Å²) in [5.74, 6) is -0.561. The molecule has 0 atom stereocenters. The van der Waals surface area contributed by atoms with Crippen LogP contribution in [0.15, 0.2) is 41.5 Å². The molecule has 0 bridgehead atoms. The van der Waals surface area contributed by atoms with Gasteiger partial charge in [-0.15, -0.1) is 0 Å². The number of ether oxygens (including phenoxy) is 1. The van der Waals surface area contributed by atoms with E-state index in [0.29, 0.717) is 16.6 Å². The first-order valence-electron chi connectivity index (χ1n) is 8.00. The molecule has 0 radical (unpaired) electrons. The molecular weight excluding hydrogens is 339 g/mol. The maximum atomic E-state index is 13.6. The van der Waals surface area contributed by atoms with Crippen LogP contribution in [-0.2, 0) is 11.3 Å². The van der Waals surface area contributed by atoms with Crippen molar-refractivity contribution in [3.8, 4) is 0 Å². The van der Waals surface area contributed by atoms with Crippen molar-refractivity contribution >= 4 is 22.8 Å². The maximum absolute atomic E-state index is 13.6. The fraction of sp³-hybridized carbons (Fsp3) is 0.278. The Morgan fingerprint density at radius 2 is 2.04 bits per heavy atom. The van der Waals surface area contributed by atoms with E-state index in [0.717, 1.165) is 0 Å². The number of halogens is 1. The van der Waals surface area contributed by atoms with Gasteiger partial charge in [-0.2, -0.15) is 0 Å². The van der Waals surface area contributed by atoms with E-state index in [2.05, 4.69) is 4.98 Å². The fourth-order valence-corrected chi connectivity index (χ4v) is 2.65. The second-order valence-corrected chi connectivity index (χ2v) is 6.90. The lowest BCUT2D eigenvalue weighted by molar-refractivity contribution is 0.0540. The third-order valence-electron chi connectivity index (χ3n) is 3.69. The summed E-state index contributed by atoms with van der Waals surface area (Å²) in [5.41, 5.74) is 5.34. The highest BCUT2D eigenvalue weighted by atomic mass is 19.1.